The maximum Gasteiger partial charge on any atom is 0.214 e. The van der Waals surface area contributed by atoms with Gasteiger partial charge in [-0.2, -0.15) is 0 Å². The van der Waals surface area contributed by atoms with Gasteiger partial charge in [0.25, 0.3) is 0 Å². The van der Waals surface area contributed by atoms with E-state index in [1.807, 2.05) is 31.2 Å². The molecule has 0 amide bonds. The Hall–Kier alpha value is -2.12. The lowest BCUT2D eigenvalue weighted by Gasteiger charge is -2.23. The zero-order valence-electron chi connectivity index (χ0n) is 17.0. The van der Waals surface area contributed by atoms with E-state index in [-0.39, 0.29) is 12.1 Å². The summed E-state index contributed by atoms with van der Waals surface area (Å²) in [5, 5.41) is -0.508. The largest absolute Gasteiger partial charge is 0.493 e. The molecule has 0 aromatic heterocycles. The van der Waals surface area contributed by atoms with E-state index in [4.69, 9.17) is 9.47 Å². The molecular formula is C22H28FNO4S. The summed E-state index contributed by atoms with van der Waals surface area (Å²) in [5.41, 5.74) is 1.12. The Kier molecular flexibility index (Phi) is 6.80. The number of hydrogen-bond donors (Lipinski definition) is 1. The highest BCUT2D eigenvalue weighted by Crippen LogP contribution is 2.34. The second kappa shape index (κ2) is 9.13. The number of hydrogen-bond acceptors (Lipinski definition) is 4. The smallest absolute Gasteiger partial charge is 0.214 e. The van der Waals surface area contributed by atoms with Gasteiger partial charge in [0, 0.05) is 17.2 Å². The number of ether oxygens (including phenoxy) is 2. The second-order valence-electron chi connectivity index (χ2n) is 7.48. The van der Waals surface area contributed by atoms with Crippen LogP contribution >= 0.6 is 0 Å². The van der Waals surface area contributed by atoms with E-state index >= 15 is 0 Å². The minimum absolute atomic E-state index is 0.302. The molecule has 1 aliphatic carbocycles. The molecule has 0 bridgehead atoms. The molecule has 0 saturated heterocycles. The molecular weight excluding hydrogens is 393 g/mol. The molecule has 1 aliphatic rings. The highest BCUT2D eigenvalue weighted by molar-refractivity contribution is 7.90. The number of halogens is 1. The van der Waals surface area contributed by atoms with Crippen LogP contribution in [0.15, 0.2) is 42.5 Å². The lowest BCUT2D eigenvalue weighted by atomic mass is 10.0. The Labute approximate surface area is 172 Å². The first-order valence-corrected chi connectivity index (χ1v) is 11.6. The fourth-order valence-corrected chi connectivity index (χ4v) is 4.45. The maximum absolute atomic E-state index is 14.9. The molecule has 3 rings (SSSR count). The van der Waals surface area contributed by atoms with Gasteiger partial charge < -0.3 is 9.47 Å². The second-order valence-corrected chi connectivity index (χ2v) is 9.74. The van der Waals surface area contributed by atoms with Crippen LogP contribution < -0.4 is 14.2 Å². The van der Waals surface area contributed by atoms with E-state index in [2.05, 4.69) is 4.72 Å². The fraction of sp³-hybridized carbons (Fsp3) is 0.455. The number of benzene rings is 2. The summed E-state index contributed by atoms with van der Waals surface area (Å²) < 4.78 is 53.5. The molecule has 5 nitrogen and oxygen atoms in total. The number of rotatable bonds is 8. The molecule has 0 spiro atoms. The van der Waals surface area contributed by atoms with Crippen molar-refractivity contribution in [1.82, 2.24) is 4.72 Å². The van der Waals surface area contributed by atoms with Crippen molar-refractivity contribution >= 4 is 10.0 Å². The molecule has 2 atom stereocenters. The van der Waals surface area contributed by atoms with Crippen LogP contribution in [0.3, 0.4) is 0 Å². The summed E-state index contributed by atoms with van der Waals surface area (Å²) >= 11 is 0. The zero-order chi connectivity index (χ0) is 21.0. The third-order valence-corrected chi connectivity index (χ3v) is 6.97. The van der Waals surface area contributed by atoms with Crippen molar-refractivity contribution in [2.24, 2.45) is 0 Å². The summed E-state index contributed by atoms with van der Waals surface area (Å²) in [4.78, 5) is 0. The normalized spacial score (nSPS) is 19.5. The standard InChI is InChI=1S/C22H28FNO4S/c1-4-27-21-10-6-5-8-18(21)17-13-12-16(14-19(17)23)28-22-11-7-9-20(22)24-29(25,26)15(2)3/h5-6,8,10,12-15,20,22,24H,4,7,9,11H2,1-3H3/t20-,22+/m0/s1. The molecule has 0 heterocycles. The molecule has 29 heavy (non-hydrogen) atoms. The molecule has 1 fully saturated rings. The molecule has 158 valence electrons. The summed E-state index contributed by atoms with van der Waals surface area (Å²) in [6.07, 6.45) is 1.98. The van der Waals surface area contributed by atoms with Crippen molar-refractivity contribution in [1.29, 1.82) is 0 Å². The van der Waals surface area contributed by atoms with Gasteiger partial charge in [-0.3, -0.25) is 0 Å². The first-order chi connectivity index (χ1) is 13.8. The van der Waals surface area contributed by atoms with Crippen LogP contribution in [0.4, 0.5) is 4.39 Å². The Bertz CT molecular complexity index is 946. The number of nitrogens with one attached hydrogen (secondary N) is 1. The van der Waals surface area contributed by atoms with Crippen LogP contribution in [-0.4, -0.2) is 32.4 Å². The minimum atomic E-state index is -3.39. The third kappa shape index (κ3) is 5.08. The fourth-order valence-electron chi connectivity index (χ4n) is 3.48. The molecule has 0 radical (unpaired) electrons. The monoisotopic (exact) mass is 421 g/mol. The molecule has 7 heteroatoms. The van der Waals surface area contributed by atoms with Crippen molar-refractivity contribution in [3.05, 3.63) is 48.3 Å². The van der Waals surface area contributed by atoms with Crippen LogP contribution in [0.25, 0.3) is 11.1 Å². The lowest BCUT2D eigenvalue weighted by molar-refractivity contribution is 0.184. The van der Waals surface area contributed by atoms with Crippen molar-refractivity contribution < 1.29 is 22.3 Å². The number of sulfonamides is 1. The summed E-state index contributed by atoms with van der Waals surface area (Å²) in [6.45, 7) is 5.66. The Balaban J connectivity index is 1.77. The van der Waals surface area contributed by atoms with Crippen molar-refractivity contribution in [3.63, 3.8) is 0 Å². The van der Waals surface area contributed by atoms with E-state index in [0.717, 1.165) is 12.8 Å². The van der Waals surface area contributed by atoms with Gasteiger partial charge in [-0.05, 0) is 58.2 Å². The van der Waals surface area contributed by atoms with Gasteiger partial charge >= 0.3 is 0 Å². The van der Waals surface area contributed by atoms with Crippen LogP contribution in [0.5, 0.6) is 11.5 Å². The third-order valence-electron chi connectivity index (χ3n) is 5.09. The van der Waals surface area contributed by atoms with Crippen LogP contribution in [0.2, 0.25) is 0 Å². The molecule has 2 aromatic rings. The van der Waals surface area contributed by atoms with Crippen LogP contribution in [0, 0.1) is 5.82 Å². The van der Waals surface area contributed by atoms with Crippen LogP contribution in [0.1, 0.15) is 40.0 Å². The van der Waals surface area contributed by atoms with Gasteiger partial charge in [0.05, 0.1) is 17.9 Å². The Morgan fingerprint density at radius 1 is 1.14 bits per heavy atom. The topological polar surface area (TPSA) is 64.6 Å². The highest BCUT2D eigenvalue weighted by atomic mass is 32.2. The minimum Gasteiger partial charge on any atom is -0.493 e. The van der Waals surface area contributed by atoms with Crippen molar-refractivity contribution in [2.45, 2.75) is 57.4 Å². The van der Waals surface area contributed by atoms with Gasteiger partial charge in [-0.1, -0.05) is 18.2 Å². The predicted molar refractivity (Wildman–Crippen MR) is 112 cm³/mol. The van der Waals surface area contributed by atoms with Crippen molar-refractivity contribution in [2.75, 3.05) is 6.61 Å². The SMILES string of the molecule is CCOc1ccccc1-c1ccc(O[C@@H]2CCC[C@@H]2NS(=O)(=O)C(C)C)cc1F. The summed E-state index contributed by atoms with van der Waals surface area (Å²) in [6, 6.07) is 11.8. The zero-order valence-corrected chi connectivity index (χ0v) is 17.8. The van der Waals surface area contributed by atoms with Gasteiger partial charge in [0.1, 0.15) is 23.4 Å². The quantitative estimate of drug-likeness (QED) is 0.681. The summed E-state index contributed by atoms with van der Waals surface area (Å²) in [5.74, 6) is 0.606. The van der Waals surface area contributed by atoms with Crippen molar-refractivity contribution in [3.8, 4) is 22.6 Å². The first-order valence-electron chi connectivity index (χ1n) is 10.0. The maximum atomic E-state index is 14.9. The van der Waals surface area contributed by atoms with Crippen LogP contribution in [-0.2, 0) is 10.0 Å². The Morgan fingerprint density at radius 2 is 1.90 bits per heavy atom. The molecule has 0 unspecified atom stereocenters. The average molecular weight is 422 g/mol. The van der Waals surface area contributed by atoms with E-state index in [9.17, 15) is 12.8 Å². The lowest BCUT2D eigenvalue weighted by Crippen LogP contribution is -2.44. The molecule has 1 N–H and O–H groups in total. The van der Waals surface area contributed by atoms with E-state index in [1.165, 1.54) is 6.07 Å². The van der Waals surface area contributed by atoms with E-state index < -0.39 is 21.1 Å². The van der Waals surface area contributed by atoms with E-state index in [1.54, 1.807) is 26.0 Å². The van der Waals surface area contributed by atoms with Gasteiger partial charge in [0.2, 0.25) is 10.0 Å². The molecule has 1 saturated carbocycles. The summed E-state index contributed by atoms with van der Waals surface area (Å²) in [7, 11) is -3.39. The van der Waals surface area contributed by atoms with Gasteiger partial charge in [0.15, 0.2) is 0 Å². The first kappa shape index (κ1) is 21.6. The molecule has 2 aromatic carbocycles. The highest BCUT2D eigenvalue weighted by Gasteiger charge is 2.33. The van der Waals surface area contributed by atoms with E-state index in [0.29, 0.717) is 35.7 Å². The predicted octanol–water partition coefficient (Wildman–Crippen LogP) is 4.52. The van der Waals surface area contributed by atoms with Gasteiger partial charge in [-0.25, -0.2) is 17.5 Å². The Morgan fingerprint density at radius 3 is 2.59 bits per heavy atom. The average Bonchev–Trinajstić information content (AvgIpc) is 3.09. The molecule has 0 aliphatic heterocycles. The van der Waals surface area contributed by atoms with Gasteiger partial charge in [-0.15, -0.1) is 0 Å². The number of para-hydroxylation sites is 1.